The van der Waals surface area contributed by atoms with Gasteiger partial charge in [-0.25, -0.2) is 8.78 Å². The lowest BCUT2D eigenvalue weighted by Gasteiger charge is -2.24. The molecule has 1 fully saturated rings. The molecule has 0 N–H and O–H groups in total. The van der Waals surface area contributed by atoms with Gasteiger partial charge in [0.2, 0.25) is 0 Å². The molecule has 1 aliphatic heterocycles. The molecule has 5 unspecified atom stereocenters. The molecule has 0 radical (unpaired) electrons. The van der Waals surface area contributed by atoms with E-state index in [0.717, 1.165) is 6.07 Å². The quantitative estimate of drug-likeness (QED) is 0.731. The summed E-state index contributed by atoms with van der Waals surface area (Å²) in [6.45, 7) is 5.99. The summed E-state index contributed by atoms with van der Waals surface area (Å²) < 4.78 is 32.3. The Hall–Kier alpha value is -0.670. The standard InChI is InChI=1S/C14H17ClF2O/c1-7-8(2)18-9(3)13(7)14(15)11-5-4-10(16)6-12(11)17/h4-9,13-14H,1-3H3. The van der Waals surface area contributed by atoms with Gasteiger partial charge in [0.1, 0.15) is 11.6 Å². The molecule has 1 heterocycles. The van der Waals surface area contributed by atoms with Crippen LogP contribution in [0, 0.1) is 23.5 Å². The maximum absolute atomic E-state index is 13.7. The van der Waals surface area contributed by atoms with Crippen molar-refractivity contribution in [3.8, 4) is 0 Å². The highest BCUT2D eigenvalue weighted by Gasteiger charge is 2.42. The van der Waals surface area contributed by atoms with Crippen molar-refractivity contribution < 1.29 is 13.5 Å². The Morgan fingerprint density at radius 1 is 1.17 bits per heavy atom. The Morgan fingerprint density at radius 3 is 2.33 bits per heavy atom. The van der Waals surface area contributed by atoms with Crippen molar-refractivity contribution in [3.63, 3.8) is 0 Å². The first kappa shape index (κ1) is 13.8. The molecule has 0 bridgehead atoms. The molecule has 0 aromatic heterocycles. The van der Waals surface area contributed by atoms with Gasteiger partial charge in [-0.3, -0.25) is 0 Å². The van der Waals surface area contributed by atoms with Crippen molar-refractivity contribution in [2.45, 2.75) is 38.4 Å². The van der Waals surface area contributed by atoms with E-state index >= 15 is 0 Å². The number of ether oxygens (including phenoxy) is 1. The van der Waals surface area contributed by atoms with Gasteiger partial charge in [-0.15, -0.1) is 11.6 Å². The number of rotatable bonds is 2. The normalized spacial score (nSPS) is 33.7. The predicted octanol–water partition coefficient (Wildman–Crippen LogP) is 4.30. The van der Waals surface area contributed by atoms with E-state index in [1.54, 1.807) is 0 Å². The second kappa shape index (κ2) is 5.14. The molecule has 1 saturated heterocycles. The molecule has 18 heavy (non-hydrogen) atoms. The predicted molar refractivity (Wildman–Crippen MR) is 67.6 cm³/mol. The van der Waals surface area contributed by atoms with Crippen molar-refractivity contribution in [2.75, 3.05) is 0 Å². The van der Waals surface area contributed by atoms with E-state index in [1.807, 2.05) is 13.8 Å². The van der Waals surface area contributed by atoms with Crippen molar-refractivity contribution in [1.29, 1.82) is 0 Å². The van der Waals surface area contributed by atoms with Crippen molar-refractivity contribution in [1.82, 2.24) is 0 Å². The largest absolute Gasteiger partial charge is 0.375 e. The highest BCUT2D eigenvalue weighted by molar-refractivity contribution is 6.21. The van der Waals surface area contributed by atoms with Gasteiger partial charge in [0.05, 0.1) is 17.6 Å². The smallest absolute Gasteiger partial charge is 0.130 e. The van der Waals surface area contributed by atoms with Crippen LogP contribution in [0.2, 0.25) is 0 Å². The second-order valence-corrected chi connectivity index (χ2v) is 5.52. The molecule has 100 valence electrons. The van der Waals surface area contributed by atoms with Crippen LogP contribution in [-0.2, 0) is 4.74 Å². The number of halogens is 3. The third-order valence-corrected chi connectivity index (χ3v) is 4.44. The van der Waals surface area contributed by atoms with Crippen LogP contribution in [0.15, 0.2) is 18.2 Å². The van der Waals surface area contributed by atoms with Gasteiger partial charge in [0.15, 0.2) is 0 Å². The molecule has 0 aliphatic carbocycles. The molecule has 0 saturated carbocycles. The maximum Gasteiger partial charge on any atom is 0.130 e. The SMILES string of the molecule is CC1OC(C)C(C(Cl)c2ccc(F)cc2F)C1C. The average molecular weight is 275 g/mol. The number of hydrogen-bond donors (Lipinski definition) is 0. The van der Waals surface area contributed by atoms with E-state index in [4.69, 9.17) is 16.3 Å². The van der Waals surface area contributed by atoms with E-state index in [0.29, 0.717) is 5.56 Å². The molecule has 1 aromatic carbocycles. The van der Waals surface area contributed by atoms with E-state index in [1.165, 1.54) is 12.1 Å². The van der Waals surface area contributed by atoms with Gasteiger partial charge in [-0.1, -0.05) is 13.0 Å². The number of benzene rings is 1. The van der Waals surface area contributed by atoms with E-state index < -0.39 is 17.0 Å². The van der Waals surface area contributed by atoms with E-state index in [2.05, 4.69) is 6.92 Å². The first-order valence-electron chi connectivity index (χ1n) is 6.16. The Bertz CT molecular complexity index is 438. The highest BCUT2D eigenvalue weighted by atomic mass is 35.5. The summed E-state index contributed by atoms with van der Waals surface area (Å²) in [5.41, 5.74) is 0.347. The van der Waals surface area contributed by atoms with Crippen LogP contribution >= 0.6 is 11.6 Å². The zero-order valence-corrected chi connectivity index (χ0v) is 11.4. The zero-order valence-electron chi connectivity index (χ0n) is 10.7. The maximum atomic E-state index is 13.7. The second-order valence-electron chi connectivity index (χ2n) is 5.05. The minimum absolute atomic E-state index is 0.0260. The van der Waals surface area contributed by atoms with Crippen LogP contribution in [0.25, 0.3) is 0 Å². The fourth-order valence-corrected chi connectivity index (χ4v) is 3.34. The van der Waals surface area contributed by atoms with E-state index in [-0.39, 0.29) is 24.0 Å². The Balaban J connectivity index is 2.28. The van der Waals surface area contributed by atoms with Crippen LogP contribution in [0.3, 0.4) is 0 Å². The summed E-state index contributed by atoms with van der Waals surface area (Å²) in [6.07, 6.45) is 0.0803. The zero-order chi connectivity index (χ0) is 13.4. The van der Waals surface area contributed by atoms with Gasteiger partial charge < -0.3 is 4.74 Å². The average Bonchev–Trinajstić information content (AvgIpc) is 2.52. The Morgan fingerprint density at radius 2 is 1.83 bits per heavy atom. The van der Waals surface area contributed by atoms with Gasteiger partial charge in [-0.05, 0) is 25.8 Å². The minimum Gasteiger partial charge on any atom is -0.375 e. The Kier molecular flexibility index (Phi) is 3.93. The molecular formula is C14H17ClF2O. The third-order valence-electron chi connectivity index (χ3n) is 3.92. The van der Waals surface area contributed by atoms with Gasteiger partial charge in [0.25, 0.3) is 0 Å². The lowest BCUT2D eigenvalue weighted by atomic mass is 9.84. The minimum atomic E-state index is -0.589. The molecule has 4 heteroatoms. The van der Waals surface area contributed by atoms with Crippen molar-refractivity contribution in [2.24, 2.45) is 11.8 Å². The molecule has 0 spiro atoms. The monoisotopic (exact) mass is 274 g/mol. The third kappa shape index (κ3) is 2.39. The Labute approximate surface area is 111 Å². The molecule has 1 aliphatic rings. The summed E-state index contributed by atoms with van der Waals surface area (Å²) in [6, 6.07) is 3.53. The molecular weight excluding hydrogens is 258 g/mol. The molecule has 1 aromatic rings. The summed E-state index contributed by atoms with van der Waals surface area (Å²) in [5.74, 6) is -0.903. The number of alkyl halides is 1. The first-order valence-corrected chi connectivity index (χ1v) is 6.60. The molecule has 5 atom stereocenters. The van der Waals surface area contributed by atoms with Crippen LogP contribution in [-0.4, -0.2) is 12.2 Å². The van der Waals surface area contributed by atoms with Gasteiger partial charge >= 0.3 is 0 Å². The van der Waals surface area contributed by atoms with Crippen LogP contribution < -0.4 is 0 Å². The topological polar surface area (TPSA) is 9.23 Å². The van der Waals surface area contributed by atoms with E-state index in [9.17, 15) is 8.78 Å². The van der Waals surface area contributed by atoms with Crippen LogP contribution in [0.1, 0.15) is 31.7 Å². The highest BCUT2D eigenvalue weighted by Crippen LogP contribution is 2.44. The van der Waals surface area contributed by atoms with Crippen molar-refractivity contribution in [3.05, 3.63) is 35.4 Å². The lowest BCUT2D eigenvalue weighted by molar-refractivity contribution is 0.0507. The first-order chi connectivity index (χ1) is 8.41. The lowest BCUT2D eigenvalue weighted by Crippen LogP contribution is -2.22. The number of hydrogen-bond acceptors (Lipinski definition) is 1. The van der Waals surface area contributed by atoms with Crippen LogP contribution in [0.4, 0.5) is 8.78 Å². The van der Waals surface area contributed by atoms with Gasteiger partial charge in [-0.2, -0.15) is 0 Å². The fraction of sp³-hybridized carbons (Fsp3) is 0.571. The summed E-state index contributed by atoms with van der Waals surface area (Å²) >= 11 is 6.38. The molecule has 2 rings (SSSR count). The summed E-state index contributed by atoms with van der Waals surface area (Å²) in [5, 5.41) is -0.499. The van der Waals surface area contributed by atoms with Crippen molar-refractivity contribution >= 4 is 11.6 Å². The summed E-state index contributed by atoms with van der Waals surface area (Å²) in [4.78, 5) is 0. The van der Waals surface area contributed by atoms with Crippen LogP contribution in [0.5, 0.6) is 0 Å². The fourth-order valence-electron chi connectivity index (χ4n) is 2.73. The molecule has 0 amide bonds. The molecule has 1 nitrogen and oxygen atoms in total. The summed E-state index contributed by atoms with van der Waals surface area (Å²) in [7, 11) is 0. The van der Waals surface area contributed by atoms with Gasteiger partial charge in [0, 0.05) is 17.5 Å².